The van der Waals surface area contributed by atoms with Gasteiger partial charge in [0.05, 0.1) is 22.3 Å². The molecule has 0 aliphatic heterocycles. The van der Waals surface area contributed by atoms with Crippen LogP contribution >= 0.6 is 22.6 Å². The van der Waals surface area contributed by atoms with Crippen molar-refractivity contribution in [1.82, 2.24) is 0 Å². The number of nitriles is 2. The van der Waals surface area contributed by atoms with E-state index in [4.69, 9.17) is 16.3 Å². The topological polar surface area (TPSA) is 73.6 Å². The van der Waals surface area contributed by atoms with Crippen LogP contribution in [0.15, 0.2) is 36.4 Å². The first-order chi connectivity index (χ1) is 11.9. The highest BCUT2D eigenvalue weighted by Crippen LogP contribution is 2.31. The number of hydrogen-bond donors (Lipinski definition) is 1. The van der Waals surface area contributed by atoms with Gasteiger partial charge in [0.25, 0.3) is 0 Å². The Kier molecular flexibility index (Phi) is 6.86. The van der Waals surface area contributed by atoms with Crippen LogP contribution in [0, 0.1) is 26.2 Å². The first kappa shape index (κ1) is 21.6. The van der Waals surface area contributed by atoms with Crippen LogP contribution in [0.5, 0.6) is 0 Å². The Morgan fingerprint density at radius 3 is 1.62 bits per heavy atom. The van der Waals surface area contributed by atoms with Crippen LogP contribution in [-0.2, 0) is 12.4 Å². The molecule has 0 heterocycles. The second-order valence-electron chi connectivity index (χ2n) is 4.72. The van der Waals surface area contributed by atoms with Gasteiger partial charge in [0.2, 0.25) is 0 Å². The number of alkyl halides is 6. The molecule has 0 saturated carbocycles. The highest BCUT2D eigenvalue weighted by molar-refractivity contribution is 14.1. The Bertz CT molecular complexity index is 802. The third-order valence-corrected chi connectivity index (χ3v) is 3.86. The van der Waals surface area contributed by atoms with Gasteiger partial charge < -0.3 is 5.73 Å². The summed E-state index contributed by atoms with van der Waals surface area (Å²) in [6.45, 7) is 0. The minimum atomic E-state index is -4.43. The summed E-state index contributed by atoms with van der Waals surface area (Å²) in [7, 11) is 0. The van der Waals surface area contributed by atoms with Gasteiger partial charge in [-0.2, -0.15) is 36.9 Å². The molecule has 2 aromatic rings. The lowest BCUT2D eigenvalue weighted by Crippen LogP contribution is -2.05. The molecule has 3 nitrogen and oxygen atoms in total. The van der Waals surface area contributed by atoms with E-state index in [-0.39, 0.29) is 16.8 Å². The fraction of sp³-hybridized carbons (Fsp3) is 0.125. The molecule has 0 bridgehead atoms. The smallest absolute Gasteiger partial charge is 0.398 e. The van der Waals surface area contributed by atoms with Crippen LogP contribution in [0.4, 0.5) is 32.0 Å². The zero-order valence-corrected chi connectivity index (χ0v) is 14.7. The molecule has 2 aromatic carbocycles. The summed E-state index contributed by atoms with van der Waals surface area (Å²) >= 11 is 1.82. The number of nitrogen functional groups attached to an aromatic ring is 1. The number of hydrogen-bond acceptors (Lipinski definition) is 3. The van der Waals surface area contributed by atoms with Crippen molar-refractivity contribution in [2.45, 2.75) is 12.4 Å². The van der Waals surface area contributed by atoms with Crippen molar-refractivity contribution in [1.29, 1.82) is 10.5 Å². The third-order valence-electron chi connectivity index (χ3n) is 2.92. The summed E-state index contributed by atoms with van der Waals surface area (Å²) in [5.41, 5.74) is 3.55. The second-order valence-corrected chi connectivity index (χ2v) is 5.88. The highest BCUT2D eigenvalue weighted by atomic mass is 127. The lowest BCUT2D eigenvalue weighted by atomic mass is 10.1. The molecule has 26 heavy (non-hydrogen) atoms. The molecule has 0 unspecified atom stereocenters. The Morgan fingerprint density at radius 1 is 0.769 bits per heavy atom. The Morgan fingerprint density at radius 2 is 1.19 bits per heavy atom. The zero-order valence-electron chi connectivity index (χ0n) is 12.6. The maximum atomic E-state index is 12.1. The predicted molar refractivity (Wildman–Crippen MR) is 89.4 cm³/mol. The van der Waals surface area contributed by atoms with Gasteiger partial charge in [-0.1, -0.05) is 0 Å². The first-order valence-corrected chi connectivity index (χ1v) is 7.61. The van der Waals surface area contributed by atoms with Crippen molar-refractivity contribution in [3.05, 3.63) is 62.2 Å². The van der Waals surface area contributed by atoms with E-state index in [0.29, 0.717) is 3.57 Å². The van der Waals surface area contributed by atoms with E-state index in [0.717, 1.165) is 30.3 Å². The summed E-state index contributed by atoms with van der Waals surface area (Å²) in [4.78, 5) is 0. The van der Waals surface area contributed by atoms with Crippen molar-refractivity contribution in [3.63, 3.8) is 0 Å². The number of halogens is 7. The minimum Gasteiger partial charge on any atom is -0.398 e. The molecule has 0 amide bonds. The van der Waals surface area contributed by atoms with Gasteiger partial charge in [-0.05, 0) is 59.0 Å². The molecule has 10 heteroatoms. The molecular weight excluding hydrogens is 475 g/mol. The van der Waals surface area contributed by atoms with Gasteiger partial charge in [0.15, 0.2) is 0 Å². The summed E-state index contributed by atoms with van der Waals surface area (Å²) in [5.74, 6) is 0. The third kappa shape index (κ3) is 5.81. The lowest BCUT2D eigenvalue weighted by molar-refractivity contribution is -0.138. The highest BCUT2D eigenvalue weighted by Gasteiger charge is 2.31. The number of nitrogens with two attached hydrogens (primary N) is 1. The fourth-order valence-electron chi connectivity index (χ4n) is 1.62. The van der Waals surface area contributed by atoms with Gasteiger partial charge in [0.1, 0.15) is 12.1 Å². The van der Waals surface area contributed by atoms with Crippen LogP contribution in [0.25, 0.3) is 0 Å². The van der Waals surface area contributed by atoms with Gasteiger partial charge >= 0.3 is 12.4 Å². The normalized spacial score (nSPS) is 11.0. The molecule has 0 saturated heterocycles. The zero-order chi connectivity index (χ0) is 20.1. The van der Waals surface area contributed by atoms with Gasteiger partial charge in [0, 0.05) is 9.26 Å². The van der Waals surface area contributed by atoms with Gasteiger partial charge in [-0.25, -0.2) is 0 Å². The molecule has 0 radical (unpaired) electrons. The molecule has 0 spiro atoms. The lowest BCUT2D eigenvalue weighted by Gasteiger charge is -2.06. The van der Waals surface area contributed by atoms with Gasteiger partial charge in [-0.3, -0.25) is 0 Å². The van der Waals surface area contributed by atoms with Crippen LogP contribution in [0.1, 0.15) is 22.3 Å². The number of nitrogens with zero attached hydrogens (tertiary/aromatic N) is 2. The van der Waals surface area contributed by atoms with E-state index in [9.17, 15) is 26.3 Å². The average molecular weight is 483 g/mol. The van der Waals surface area contributed by atoms with Crippen LogP contribution < -0.4 is 5.73 Å². The molecule has 0 aliphatic rings. The van der Waals surface area contributed by atoms with E-state index in [1.807, 2.05) is 22.6 Å². The maximum absolute atomic E-state index is 12.1. The van der Waals surface area contributed by atoms with Crippen molar-refractivity contribution in [2.24, 2.45) is 0 Å². The molecule has 0 atom stereocenters. The SMILES string of the molecule is N#Cc1cc(C(F)(F)F)ccc1I.N#Cc1cc(C(F)(F)F)ccc1N. The standard InChI is InChI=1S/C8H3F3IN.C8H5F3N2/c9-8(10,11)6-1-2-7(12)5(3-6)4-13;9-8(10,11)6-1-2-7(13)5(3-6)4-12/h1-3H;1-3H,13H2. The van der Waals surface area contributed by atoms with E-state index >= 15 is 0 Å². The number of rotatable bonds is 0. The van der Waals surface area contributed by atoms with Crippen LogP contribution in [-0.4, -0.2) is 0 Å². The molecule has 2 rings (SSSR count). The molecule has 0 fully saturated rings. The Hall–Kier alpha value is -2.47. The number of anilines is 1. The van der Waals surface area contributed by atoms with Gasteiger partial charge in [-0.15, -0.1) is 0 Å². The second kappa shape index (κ2) is 8.27. The Labute approximate surface area is 157 Å². The average Bonchev–Trinajstić information content (AvgIpc) is 2.54. The van der Waals surface area contributed by atoms with E-state index < -0.39 is 23.5 Å². The van der Waals surface area contributed by atoms with Crippen molar-refractivity contribution in [2.75, 3.05) is 5.73 Å². The molecule has 0 aromatic heterocycles. The number of benzene rings is 2. The summed E-state index contributed by atoms with van der Waals surface area (Å²) in [6, 6.07) is 9.02. The molecule has 136 valence electrons. The predicted octanol–water partition coefficient (Wildman–Crippen LogP) is 5.34. The summed E-state index contributed by atoms with van der Waals surface area (Å²) in [5, 5.41) is 16.9. The quantitative estimate of drug-likeness (QED) is 0.313. The van der Waals surface area contributed by atoms with Crippen molar-refractivity contribution >= 4 is 28.3 Å². The van der Waals surface area contributed by atoms with E-state index in [1.165, 1.54) is 6.07 Å². The first-order valence-electron chi connectivity index (χ1n) is 6.53. The molecular formula is C16H8F6IN3. The largest absolute Gasteiger partial charge is 0.416 e. The summed E-state index contributed by atoms with van der Waals surface area (Å²) in [6.07, 6.45) is -8.81. The van der Waals surface area contributed by atoms with Crippen molar-refractivity contribution < 1.29 is 26.3 Å². The van der Waals surface area contributed by atoms with Crippen molar-refractivity contribution in [3.8, 4) is 12.1 Å². The summed E-state index contributed by atoms with van der Waals surface area (Å²) < 4.78 is 73.2. The van der Waals surface area contributed by atoms with E-state index in [2.05, 4.69) is 0 Å². The van der Waals surface area contributed by atoms with E-state index in [1.54, 1.807) is 12.1 Å². The maximum Gasteiger partial charge on any atom is 0.416 e. The monoisotopic (exact) mass is 483 g/mol. The molecule has 2 N–H and O–H groups in total. The fourth-order valence-corrected chi connectivity index (χ4v) is 2.07. The van der Waals surface area contributed by atoms with Crippen LogP contribution in [0.2, 0.25) is 0 Å². The molecule has 0 aliphatic carbocycles. The Balaban J connectivity index is 0.000000260. The minimum absolute atomic E-state index is 0.0513. The van der Waals surface area contributed by atoms with Crippen LogP contribution in [0.3, 0.4) is 0 Å².